The van der Waals surface area contributed by atoms with Crippen LogP contribution in [0.4, 0.5) is 0 Å². The molecule has 0 amide bonds. The fourth-order valence-electron chi connectivity index (χ4n) is 3.03. The zero-order chi connectivity index (χ0) is 18.7. The normalized spacial score (nSPS) is 11.3. The molecule has 1 heterocycles. The predicted octanol–water partition coefficient (Wildman–Crippen LogP) is 5.93. The van der Waals surface area contributed by atoms with Gasteiger partial charge >= 0.3 is 0 Å². The molecule has 0 saturated heterocycles. The maximum atomic E-state index is 9.60. The Morgan fingerprint density at radius 2 is 1.73 bits per heavy atom. The largest absolute Gasteiger partial charge is 0.497 e. The van der Waals surface area contributed by atoms with Gasteiger partial charge in [0.25, 0.3) is 0 Å². The smallest absolute Gasteiger partial charge is 0.119 e. The quantitative estimate of drug-likeness (QED) is 0.503. The van der Waals surface area contributed by atoms with Crippen LogP contribution in [0.15, 0.2) is 59.1 Å². The molecule has 0 atom stereocenters. The van der Waals surface area contributed by atoms with Crippen molar-refractivity contribution in [1.29, 1.82) is 5.26 Å². The van der Waals surface area contributed by atoms with Gasteiger partial charge < -0.3 is 9.30 Å². The third-order valence-electron chi connectivity index (χ3n) is 4.38. The Morgan fingerprint density at radius 1 is 1.08 bits per heavy atom. The molecule has 1 aromatic heterocycles. The van der Waals surface area contributed by atoms with Gasteiger partial charge in [-0.05, 0) is 73.5 Å². The lowest BCUT2D eigenvalue weighted by Crippen LogP contribution is -1.99. The summed E-state index contributed by atoms with van der Waals surface area (Å²) in [5, 5.41) is 9.60. The van der Waals surface area contributed by atoms with Crippen LogP contribution in [0.3, 0.4) is 0 Å². The van der Waals surface area contributed by atoms with Crippen molar-refractivity contribution in [3.63, 3.8) is 0 Å². The van der Waals surface area contributed by atoms with Crippen molar-refractivity contribution in [1.82, 2.24) is 4.57 Å². The molecule has 0 N–H and O–H groups in total. The van der Waals surface area contributed by atoms with E-state index in [-0.39, 0.29) is 0 Å². The first-order valence-electron chi connectivity index (χ1n) is 8.24. The van der Waals surface area contributed by atoms with E-state index in [1.54, 1.807) is 7.11 Å². The maximum absolute atomic E-state index is 9.60. The van der Waals surface area contributed by atoms with Crippen LogP contribution in [0.1, 0.15) is 22.5 Å². The van der Waals surface area contributed by atoms with Gasteiger partial charge in [-0.25, -0.2) is 0 Å². The number of halogens is 1. The van der Waals surface area contributed by atoms with E-state index in [0.29, 0.717) is 5.57 Å². The van der Waals surface area contributed by atoms with Crippen LogP contribution in [-0.2, 0) is 0 Å². The van der Waals surface area contributed by atoms with Crippen LogP contribution < -0.4 is 4.74 Å². The molecular weight excluding hydrogens is 388 g/mol. The molecule has 3 rings (SSSR count). The van der Waals surface area contributed by atoms with Gasteiger partial charge in [-0.2, -0.15) is 5.26 Å². The summed E-state index contributed by atoms with van der Waals surface area (Å²) in [5.74, 6) is 0.832. The Morgan fingerprint density at radius 3 is 2.31 bits per heavy atom. The standard InChI is InChI=1S/C22H19BrN2O/c1-15-12-18(13-19(14-24)17-4-6-20(23)7-5-17)16(2)25(15)21-8-10-22(26-3)11-9-21/h4-13H,1-3H3/b19-13-. The summed E-state index contributed by atoms with van der Waals surface area (Å²) in [5.41, 5.74) is 5.88. The fourth-order valence-corrected chi connectivity index (χ4v) is 3.29. The summed E-state index contributed by atoms with van der Waals surface area (Å²) >= 11 is 3.43. The molecule has 130 valence electrons. The zero-order valence-electron chi connectivity index (χ0n) is 15.0. The second-order valence-corrected chi connectivity index (χ2v) is 6.95. The molecule has 3 aromatic rings. The van der Waals surface area contributed by atoms with Crippen LogP contribution in [-0.4, -0.2) is 11.7 Å². The number of nitriles is 1. The number of allylic oxidation sites excluding steroid dienone is 1. The van der Waals surface area contributed by atoms with Crippen LogP contribution in [0, 0.1) is 25.2 Å². The van der Waals surface area contributed by atoms with Gasteiger partial charge in [-0.1, -0.05) is 28.1 Å². The van der Waals surface area contributed by atoms with Crippen molar-refractivity contribution in [2.45, 2.75) is 13.8 Å². The third kappa shape index (κ3) is 3.58. The predicted molar refractivity (Wildman–Crippen MR) is 109 cm³/mol. The minimum absolute atomic E-state index is 0.646. The van der Waals surface area contributed by atoms with Crippen molar-refractivity contribution in [3.8, 4) is 17.5 Å². The molecule has 0 aliphatic rings. The van der Waals surface area contributed by atoms with Crippen LogP contribution in [0.25, 0.3) is 17.3 Å². The van der Waals surface area contributed by atoms with Crippen molar-refractivity contribution in [3.05, 3.63) is 81.6 Å². The number of ether oxygens (including phenoxy) is 1. The van der Waals surface area contributed by atoms with Crippen LogP contribution >= 0.6 is 15.9 Å². The van der Waals surface area contributed by atoms with Crippen molar-refractivity contribution in [2.75, 3.05) is 7.11 Å². The molecule has 0 fully saturated rings. The van der Waals surface area contributed by atoms with Gasteiger partial charge in [0.05, 0.1) is 18.8 Å². The molecule has 0 aliphatic heterocycles. The van der Waals surface area contributed by atoms with Gasteiger partial charge in [0.2, 0.25) is 0 Å². The Balaban J connectivity index is 2.03. The number of nitrogens with zero attached hydrogens (tertiary/aromatic N) is 2. The summed E-state index contributed by atoms with van der Waals surface area (Å²) in [6.07, 6.45) is 1.95. The summed E-state index contributed by atoms with van der Waals surface area (Å²) in [4.78, 5) is 0. The number of hydrogen-bond acceptors (Lipinski definition) is 2. The highest BCUT2D eigenvalue weighted by Gasteiger charge is 2.11. The lowest BCUT2D eigenvalue weighted by molar-refractivity contribution is 0.414. The molecule has 0 saturated carbocycles. The van der Waals surface area contributed by atoms with Crippen molar-refractivity contribution < 1.29 is 4.74 Å². The van der Waals surface area contributed by atoms with Gasteiger partial charge in [-0.3, -0.25) is 0 Å². The van der Waals surface area contributed by atoms with Gasteiger partial charge in [-0.15, -0.1) is 0 Å². The first-order valence-corrected chi connectivity index (χ1v) is 9.04. The molecule has 4 heteroatoms. The van der Waals surface area contributed by atoms with E-state index >= 15 is 0 Å². The molecule has 0 unspecified atom stereocenters. The molecule has 0 spiro atoms. The monoisotopic (exact) mass is 406 g/mol. The van der Waals surface area contributed by atoms with Gasteiger partial charge in [0, 0.05) is 21.5 Å². The Hall–Kier alpha value is -2.77. The number of aryl methyl sites for hydroxylation is 1. The van der Waals surface area contributed by atoms with Crippen molar-refractivity contribution in [2.24, 2.45) is 0 Å². The second kappa shape index (κ2) is 7.63. The number of aromatic nitrogens is 1. The molecule has 26 heavy (non-hydrogen) atoms. The topological polar surface area (TPSA) is 38.0 Å². The Labute approximate surface area is 162 Å². The number of benzene rings is 2. The summed E-state index contributed by atoms with van der Waals surface area (Å²) < 4.78 is 8.42. The first kappa shape index (κ1) is 18.0. The minimum Gasteiger partial charge on any atom is -0.497 e. The van der Waals surface area contributed by atoms with Gasteiger partial charge in [0.15, 0.2) is 0 Å². The summed E-state index contributed by atoms with van der Waals surface area (Å²) in [6, 6.07) is 20.2. The molecule has 0 aliphatic carbocycles. The molecule has 0 radical (unpaired) electrons. The average Bonchev–Trinajstić information content (AvgIpc) is 2.94. The van der Waals surface area contributed by atoms with Crippen LogP contribution in [0.5, 0.6) is 5.75 Å². The van der Waals surface area contributed by atoms with E-state index in [9.17, 15) is 5.26 Å². The van der Waals surface area contributed by atoms with Crippen molar-refractivity contribution >= 4 is 27.6 Å². The van der Waals surface area contributed by atoms with E-state index in [1.165, 1.54) is 0 Å². The first-order chi connectivity index (χ1) is 12.5. The third-order valence-corrected chi connectivity index (χ3v) is 4.91. The molecule has 0 bridgehead atoms. The summed E-state index contributed by atoms with van der Waals surface area (Å²) in [6.45, 7) is 4.14. The lowest BCUT2D eigenvalue weighted by Gasteiger charge is -2.10. The van der Waals surface area contributed by atoms with Crippen LogP contribution in [0.2, 0.25) is 0 Å². The summed E-state index contributed by atoms with van der Waals surface area (Å²) in [7, 11) is 1.66. The van der Waals surface area contributed by atoms with E-state index in [4.69, 9.17) is 4.74 Å². The van der Waals surface area contributed by atoms with E-state index < -0.39 is 0 Å². The number of hydrogen-bond donors (Lipinski definition) is 0. The highest BCUT2D eigenvalue weighted by atomic mass is 79.9. The highest BCUT2D eigenvalue weighted by Crippen LogP contribution is 2.26. The lowest BCUT2D eigenvalue weighted by atomic mass is 10.0. The van der Waals surface area contributed by atoms with E-state index in [2.05, 4.69) is 46.5 Å². The average molecular weight is 407 g/mol. The Kier molecular flexibility index (Phi) is 5.29. The molecule has 2 aromatic carbocycles. The van der Waals surface area contributed by atoms with Gasteiger partial charge in [0.1, 0.15) is 5.75 Å². The second-order valence-electron chi connectivity index (χ2n) is 6.04. The molecular formula is C22H19BrN2O. The number of rotatable bonds is 4. The molecule has 3 nitrogen and oxygen atoms in total. The van der Waals surface area contributed by atoms with E-state index in [1.807, 2.05) is 54.6 Å². The van der Waals surface area contributed by atoms with E-state index in [0.717, 1.165) is 38.4 Å². The Bertz CT molecular complexity index is 990. The SMILES string of the molecule is COc1ccc(-n2c(C)cc(/C=C(/C#N)c3ccc(Br)cc3)c2C)cc1. The minimum atomic E-state index is 0.646. The fraction of sp³-hybridized carbons (Fsp3) is 0.136. The maximum Gasteiger partial charge on any atom is 0.119 e. The highest BCUT2D eigenvalue weighted by molar-refractivity contribution is 9.10. The number of methoxy groups -OCH3 is 1. The zero-order valence-corrected chi connectivity index (χ0v) is 16.5.